The van der Waals surface area contributed by atoms with Gasteiger partial charge in [0, 0.05) is 0 Å². The molecule has 3 rings (SSSR count). The summed E-state index contributed by atoms with van der Waals surface area (Å²) >= 11 is 0. The van der Waals surface area contributed by atoms with E-state index in [1.807, 2.05) is 6.08 Å². The van der Waals surface area contributed by atoms with Crippen LogP contribution in [0.15, 0.2) is 36.5 Å². The predicted molar refractivity (Wildman–Crippen MR) is 64.5 cm³/mol. The Kier molecular flexibility index (Phi) is 2.12. The summed E-state index contributed by atoms with van der Waals surface area (Å²) in [4.78, 5) is 0. The van der Waals surface area contributed by atoms with Crippen molar-refractivity contribution in [2.75, 3.05) is 0 Å². The highest BCUT2D eigenvalue weighted by atomic mass is 14.5. The first-order chi connectivity index (χ1) is 7.29. The van der Waals surface area contributed by atoms with Crippen LogP contribution in [0.4, 0.5) is 0 Å². The van der Waals surface area contributed by atoms with E-state index in [0.29, 0.717) is 0 Å². The van der Waals surface area contributed by atoms with Crippen molar-refractivity contribution in [3.8, 4) is 0 Å². The number of allylic oxidation sites excluding steroid dienone is 4. The van der Waals surface area contributed by atoms with E-state index in [1.165, 1.54) is 43.3 Å². The number of hydrogen-bond donors (Lipinski definition) is 0. The maximum atomic E-state index is 4.24. The number of hydrogen-bond acceptors (Lipinski definition) is 0. The van der Waals surface area contributed by atoms with E-state index in [-0.39, 0.29) is 0 Å². The molecule has 0 radical (unpaired) electrons. The first-order valence-electron chi connectivity index (χ1n) is 6.29. The van der Waals surface area contributed by atoms with E-state index in [9.17, 15) is 0 Å². The summed E-state index contributed by atoms with van der Waals surface area (Å²) in [5.41, 5.74) is 2.88. The van der Waals surface area contributed by atoms with E-state index in [2.05, 4.69) is 19.2 Å². The Morgan fingerprint density at radius 2 is 1.73 bits per heavy atom. The van der Waals surface area contributed by atoms with Crippen molar-refractivity contribution in [2.45, 2.75) is 32.1 Å². The Balaban J connectivity index is 1.85. The third kappa shape index (κ3) is 1.34. The van der Waals surface area contributed by atoms with Gasteiger partial charge in [-0.1, -0.05) is 30.9 Å². The summed E-state index contributed by atoms with van der Waals surface area (Å²) in [5, 5.41) is 0. The van der Waals surface area contributed by atoms with Crippen molar-refractivity contribution >= 4 is 0 Å². The predicted octanol–water partition coefficient (Wildman–Crippen LogP) is 4.11. The number of fused-ring (bicyclic) bond motifs is 5. The summed E-state index contributed by atoms with van der Waals surface area (Å²) in [6, 6.07) is 0. The fraction of sp³-hybridized carbons (Fsp3) is 0.600. The lowest BCUT2D eigenvalue weighted by molar-refractivity contribution is 0.205. The second kappa shape index (κ2) is 3.37. The standard InChI is InChI=1S/C15H20/c1-3-4-11-9-15-13-6-5-12(8-13)14(15)7-10(11)2/h3-4,12-15H,1-2,5-9H2/b11-4-. The highest BCUT2D eigenvalue weighted by Crippen LogP contribution is 2.58. The Labute approximate surface area is 92.8 Å². The van der Waals surface area contributed by atoms with Gasteiger partial charge in [0.2, 0.25) is 0 Å². The van der Waals surface area contributed by atoms with E-state index in [4.69, 9.17) is 0 Å². The zero-order chi connectivity index (χ0) is 10.4. The van der Waals surface area contributed by atoms with Crippen molar-refractivity contribution in [3.05, 3.63) is 36.5 Å². The summed E-state index contributed by atoms with van der Waals surface area (Å²) in [6.45, 7) is 8.05. The molecular formula is C15H20. The second-order valence-corrected chi connectivity index (χ2v) is 5.60. The number of rotatable bonds is 1. The van der Waals surface area contributed by atoms with Gasteiger partial charge < -0.3 is 0 Å². The Bertz CT molecular complexity index is 334. The van der Waals surface area contributed by atoms with Crippen LogP contribution in [0.3, 0.4) is 0 Å². The molecule has 0 nitrogen and oxygen atoms in total. The van der Waals surface area contributed by atoms with Crippen molar-refractivity contribution < 1.29 is 0 Å². The Hall–Kier alpha value is -0.780. The van der Waals surface area contributed by atoms with Crippen molar-refractivity contribution in [3.63, 3.8) is 0 Å². The lowest BCUT2D eigenvalue weighted by atomic mass is 9.68. The van der Waals surface area contributed by atoms with Crippen molar-refractivity contribution in [1.29, 1.82) is 0 Å². The smallest absolute Gasteiger partial charge is 0.0242 e. The SMILES string of the molecule is C=C/C=C1/CC2C3CCC(C3)C2CC1=C. The summed E-state index contributed by atoms with van der Waals surface area (Å²) in [6.07, 6.45) is 11.2. The summed E-state index contributed by atoms with van der Waals surface area (Å²) < 4.78 is 0. The van der Waals surface area contributed by atoms with Crippen LogP contribution in [-0.2, 0) is 0 Å². The maximum Gasteiger partial charge on any atom is -0.0242 e. The van der Waals surface area contributed by atoms with Gasteiger partial charge in [-0.25, -0.2) is 0 Å². The first-order valence-corrected chi connectivity index (χ1v) is 6.29. The van der Waals surface area contributed by atoms with Gasteiger partial charge in [-0.2, -0.15) is 0 Å². The van der Waals surface area contributed by atoms with Gasteiger partial charge in [0.15, 0.2) is 0 Å². The molecule has 2 bridgehead atoms. The second-order valence-electron chi connectivity index (χ2n) is 5.60. The lowest BCUT2D eigenvalue weighted by Gasteiger charge is -2.37. The van der Waals surface area contributed by atoms with Crippen LogP contribution in [0.5, 0.6) is 0 Å². The molecule has 3 aliphatic carbocycles. The molecule has 0 spiro atoms. The molecule has 3 fully saturated rings. The van der Waals surface area contributed by atoms with Crippen molar-refractivity contribution in [1.82, 2.24) is 0 Å². The summed E-state index contributed by atoms with van der Waals surface area (Å²) in [5.74, 6) is 4.06. The summed E-state index contributed by atoms with van der Waals surface area (Å²) in [7, 11) is 0. The molecule has 80 valence electrons. The minimum Gasteiger partial charge on any atom is -0.0991 e. The Morgan fingerprint density at radius 1 is 1.07 bits per heavy atom. The molecule has 3 saturated carbocycles. The van der Waals surface area contributed by atoms with Crippen LogP contribution in [0.25, 0.3) is 0 Å². The van der Waals surface area contributed by atoms with E-state index in [1.54, 1.807) is 0 Å². The van der Waals surface area contributed by atoms with Crippen LogP contribution in [-0.4, -0.2) is 0 Å². The highest BCUT2D eigenvalue weighted by Gasteiger charge is 2.49. The lowest BCUT2D eigenvalue weighted by Crippen LogP contribution is -2.27. The molecule has 0 aliphatic heterocycles. The normalized spacial score (nSPS) is 45.9. The molecule has 0 heterocycles. The molecule has 0 aromatic heterocycles. The zero-order valence-corrected chi connectivity index (χ0v) is 9.41. The molecule has 0 N–H and O–H groups in total. The van der Waals surface area contributed by atoms with E-state index in [0.717, 1.165) is 23.7 Å². The van der Waals surface area contributed by atoms with Gasteiger partial charge in [0.05, 0.1) is 0 Å². The quantitative estimate of drug-likeness (QED) is 0.597. The van der Waals surface area contributed by atoms with Crippen LogP contribution < -0.4 is 0 Å². The maximum absolute atomic E-state index is 4.24. The van der Waals surface area contributed by atoms with Gasteiger partial charge in [0.25, 0.3) is 0 Å². The molecule has 15 heavy (non-hydrogen) atoms. The monoisotopic (exact) mass is 200 g/mol. The van der Waals surface area contributed by atoms with E-state index < -0.39 is 0 Å². The minimum absolute atomic E-state index is 0.984. The van der Waals surface area contributed by atoms with E-state index >= 15 is 0 Å². The molecule has 0 aromatic rings. The largest absolute Gasteiger partial charge is 0.0991 e. The van der Waals surface area contributed by atoms with Gasteiger partial charge in [0.1, 0.15) is 0 Å². The molecular weight excluding hydrogens is 180 g/mol. The highest BCUT2D eigenvalue weighted by molar-refractivity contribution is 5.35. The molecule has 0 amide bonds. The molecule has 0 aromatic carbocycles. The third-order valence-electron chi connectivity index (χ3n) is 4.99. The van der Waals surface area contributed by atoms with Gasteiger partial charge in [-0.3, -0.25) is 0 Å². The molecule has 4 atom stereocenters. The minimum atomic E-state index is 0.984. The van der Waals surface area contributed by atoms with Crippen LogP contribution >= 0.6 is 0 Å². The van der Waals surface area contributed by atoms with Crippen LogP contribution in [0.1, 0.15) is 32.1 Å². The fourth-order valence-electron chi connectivity index (χ4n) is 4.31. The molecule has 0 saturated heterocycles. The average Bonchev–Trinajstić information content (AvgIpc) is 2.80. The van der Waals surface area contributed by atoms with Gasteiger partial charge >= 0.3 is 0 Å². The third-order valence-corrected chi connectivity index (χ3v) is 4.99. The zero-order valence-electron chi connectivity index (χ0n) is 9.41. The fourth-order valence-corrected chi connectivity index (χ4v) is 4.31. The van der Waals surface area contributed by atoms with Crippen LogP contribution in [0.2, 0.25) is 0 Å². The Morgan fingerprint density at radius 3 is 2.40 bits per heavy atom. The van der Waals surface area contributed by atoms with Gasteiger partial charge in [-0.15, -0.1) is 0 Å². The topological polar surface area (TPSA) is 0 Å². The van der Waals surface area contributed by atoms with Gasteiger partial charge in [-0.05, 0) is 61.3 Å². The van der Waals surface area contributed by atoms with Crippen molar-refractivity contribution in [2.24, 2.45) is 23.7 Å². The molecule has 4 unspecified atom stereocenters. The first kappa shape index (κ1) is 9.45. The molecule has 0 heteroatoms. The average molecular weight is 200 g/mol. The molecule has 3 aliphatic rings. The van der Waals surface area contributed by atoms with Crippen LogP contribution in [0, 0.1) is 23.7 Å².